The molecule has 2 aromatic rings. The highest BCUT2D eigenvalue weighted by Crippen LogP contribution is 2.30. The Labute approximate surface area is 149 Å². The van der Waals surface area contributed by atoms with E-state index in [1.165, 1.54) is 11.3 Å². The Morgan fingerprint density at radius 3 is 2.67 bits per heavy atom. The summed E-state index contributed by atoms with van der Waals surface area (Å²) in [7, 11) is 0. The zero-order valence-electron chi connectivity index (χ0n) is 13.7. The third-order valence-electron chi connectivity index (χ3n) is 4.06. The van der Waals surface area contributed by atoms with Crippen LogP contribution in [0.1, 0.15) is 27.7 Å². The average Bonchev–Trinajstić information content (AvgIpc) is 3.09. The maximum Gasteiger partial charge on any atom is 0.329 e. The molecular formula is C18H19NO3S2. The number of ether oxygens (including phenoxy) is 1. The van der Waals surface area contributed by atoms with Gasteiger partial charge in [0.1, 0.15) is 6.04 Å². The highest BCUT2D eigenvalue weighted by Gasteiger charge is 2.36. The lowest BCUT2D eigenvalue weighted by Gasteiger charge is -2.35. The molecule has 126 valence electrons. The highest BCUT2D eigenvalue weighted by atomic mass is 32.2. The van der Waals surface area contributed by atoms with Gasteiger partial charge in [-0.15, -0.1) is 23.1 Å². The van der Waals surface area contributed by atoms with Crippen LogP contribution in [0.5, 0.6) is 0 Å². The summed E-state index contributed by atoms with van der Waals surface area (Å²) in [6, 6.07) is 11.2. The van der Waals surface area contributed by atoms with E-state index in [1.807, 2.05) is 42.7 Å². The number of thiophene rings is 1. The molecule has 24 heavy (non-hydrogen) atoms. The Kier molecular flexibility index (Phi) is 5.26. The Morgan fingerprint density at radius 2 is 2.00 bits per heavy atom. The number of rotatable bonds is 4. The molecule has 2 heterocycles. The number of esters is 1. The molecule has 0 bridgehead atoms. The molecule has 0 radical (unpaired) electrons. The van der Waals surface area contributed by atoms with Crippen molar-refractivity contribution in [3.05, 3.63) is 52.4 Å². The number of hydrogen-bond acceptors (Lipinski definition) is 5. The SMILES string of the molecule is CCOC(=O)[C@H]1Cc2ccccc2CN1C(=O)c1ccc(SC)s1. The van der Waals surface area contributed by atoms with Crippen molar-refractivity contribution in [3.63, 3.8) is 0 Å². The second-order valence-electron chi connectivity index (χ2n) is 5.50. The number of thioether (sulfide) groups is 1. The molecule has 0 unspecified atom stereocenters. The molecule has 0 aliphatic carbocycles. The monoisotopic (exact) mass is 361 g/mol. The van der Waals surface area contributed by atoms with Crippen molar-refractivity contribution >= 4 is 35.0 Å². The molecule has 3 rings (SSSR count). The van der Waals surface area contributed by atoms with Crippen LogP contribution in [0.15, 0.2) is 40.6 Å². The van der Waals surface area contributed by atoms with E-state index in [0.717, 1.165) is 15.3 Å². The molecule has 0 fully saturated rings. The number of carbonyl (C=O) groups excluding carboxylic acids is 2. The van der Waals surface area contributed by atoms with Gasteiger partial charge in [-0.05, 0) is 36.4 Å². The molecule has 1 aliphatic heterocycles. The summed E-state index contributed by atoms with van der Waals surface area (Å²) in [4.78, 5) is 27.7. The molecule has 0 saturated heterocycles. The fourth-order valence-corrected chi connectivity index (χ4v) is 4.37. The Bertz CT molecular complexity index is 756. The molecule has 1 atom stereocenters. The molecule has 0 saturated carbocycles. The third-order valence-corrected chi connectivity index (χ3v) is 6.22. The van der Waals surface area contributed by atoms with Gasteiger partial charge in [-0.25, -0.2) is 4.79 Å². The van der Waals surface area contributed by atoms with Gasteiger partial charge in [0.25, 0.3) is 5.91 Å². The summed E-state index contributed by atoms with van der Waals surface area (Å²) in [6.07, 6.45) is 2.49. The number of nitrogens with zero attached hydrogens (tertiary/aromatic N) is 1. The largest absolute Gasteiger partial charge is 0.464 e. The van der Waals surface area contributed by atoms with Crippen molar-refractivity contribution in [1.29, 1.82) is 0 Å². The van der Waals surface area contributed by atoms with Crippen molar-refractivity contribution in [3.8, 4) is 0 Å². The van der Waals surface area contributed by atoms with E-state index in [1.54, 1.807) is 23.6 Å². The van der Waals surface area contributed by atoms with E-state index < -0.39 is 6.04 Å². The highest BCUT2D eigenvalue weighted by molar-refractivity contribution is 8.00. The van der Waals surface area contributed by atoms with Gasteiger partial charge >= 0.3 is 5.97 Å². The molecule has 6 heteroatoms. The van der Waals surface area contributed by atoms with Crippen molar-refractivity contribution in [2.75, 3.05) is 12.9 Å². The first kappa shape index (κ1) is 17.0. The van der Waals surface area contributed by atoms with Crippen LogP contribution in [0.2, 0.25) is 0 Å². The molecule has 4 nitrogen and oxygen atoms in total. The topological polar surface area (TPSA) is 46.6 Å². The summed E-state index contributed by atoms with van der Waals surface area (Å²) in [5.74, 6) is -0.435. The Morgan fingerprint density at radius 1 is 1.25 bits per heavy atom. The lowest BCUT2D eigenvalue weighted by Crippen LogP contribution is -2.49. The molecule has 0 N–H and O–H groups in total. The number of hydrogen-bond donors (Lipinski definition) is 0. The summed E-state index contributed by atoms with van der Waals surface area (Å²) in [5.41, 5.74) is 2.20. The smallest absolute Gasteiger partial charge is 0.329 e. The van der Waals surface area contributed by atoms with Gasteiger partial charge in [-0.2, -0.15) is 0 Å². The van der Waals surface area contributed by atoms with Gasteiger partial charge in [0, 0.05) is 13.0 Å². The lowest BCUT2D eigenvalue weighted by molar-refractivity contribution is -0.149. The summed E-state index contributed by atoms with van der Waals surface area (Å²) >= 11 is 3.08. The maximum absolute atomic E-state index is 13.0. The minimum atomic E-state index is -0.563. The van der Waals surface area contributed by atoms with Gasteiger partial charge < -0.3 is 9.64 Å². The fourth-order valence-electron chi connectivity index (χ4n) is 2.87. The van der Waals surface area contributed by atoms with Crippen LogP contribution < -0.4 is 0 Å². The van der Waals surface area contributed by atoms with E-state index >= 15 is 0 Å². The Hall–Kier alpha value is -1.79. The normalized spacial score (nSPS) is 16.6. The lowest BCUT2D eigenvalue weighted by atomic mass is 9.94. The van der Waals surface area contributed by atoms with Crippen LogP contribution in [0.4, 0.5) is 0 Å². The molecular weight excluding hydrogens is 342 g/mol. The number of amides is 1. The Balaban J connectivity index is 1.92. The fraction of sp³-hybridized carbons (Fsp3) is 0.333. The first-order valence-electron chi connectivity index (χ1n) is 7.82. The van der Waals surface area contributed by atoms with Crippen LogP contribution in [0.25, 0.3) is 0 Å². The number of fused-ring (bicyclic) bond motifs is 1. The summed E-state index contributed by atoms with van der Waals surface area (Å²) < 4.78 is 6.29. The minimum absolute atomic E-state index is 0.104. The van der Waals surface area contributed by atoms with Crippen molar-refractivity contribution in [2.24, 2.45) is 0 Å². The van der Waals surface area contributed by atoms with E-state index in [4.69, 9.17) is 4.74 Å². The number of benzene rings is 1. The molecule has 1 aromatic heterocycles. The van der Waals surface area contributed by atoms with Crippen LogP contribution in [-0.4, -0.2) is 35.7 Å². The predicted octanol–water partition coefficient (Wildman–Crippen LogP) is 3.60. The van der Waals surface area contributed by atoms with Crippen LogP contribution >= 0.6 is 23.1 Å². The first-order chi connectivity index (χ1) is 11.6. The first-order valence-corrected chi connectivity index (χ1v) is 9.86. The zero-order chi connectivity index (χ0) is 17.1. The second kappa shape index (κ2) is 7.40. The van der Waals surface area contributed by atoms with Crippen LogP contribution in [-0.2, 0) is 22.5 Å². The second-order valence-corrected chi connectivity index (χ2v) is 7.69. The quantitative estimate of drug-likeness (QED) is 0.617. The van der Waals surface area contributed by atoms with Crippen LogP contribution in [0.3, 0.4) is 0 Å². The van der Waals surface area contributed by atoms with E-state index in [-0.39, 0.29) is 11.9 Å². The van der Waals surface area contributed by atoms with Gasteiger partial charge in [0.05, 0.1) is 15.7 Å². The zero-order valence-corrected chi connectivity index (χ0v) is 15.3. The van der Waals surface area contributed by atoms with Gasteiger partial charge in [-0.1, -0.05) is 24.3 Å². The van der Waals surface area contributed by atoms with Crippen molar-refractivity contribution in [2.45, 2.75) is 30.1 Å². The third kappa shape index (κ3) is 3.35. The molecule has 0 spiro atoms. The van der Waals surface area contributed by atoms with Gasteiger partial charge in [0.2, 0.25) is 0 Å². The van der Waals surface area contributed by atoms with Crippen LogP contribution in [0, 0.1) is 0 Å². The van der Waals surface area contributed by atoms with Crippen molar-refractivity contribution < 1.29 is 14.3 Å². The minimum Gasteiger partial charge on any atom is -0.464 e. The van der Waals surface area contributed by atoms with E-state index in [9.17, 15) is 9.59 Å². The standard InChI is InChI=1S/C18H19NO3S2/c1-3-22-18(21)14-10-12-6-4-5-7-13(12)11-19(14)17(20)15-8-9-16(23-2)24-15/h4-9,14H,3,10-11H2,1-2H3/t14-/m1/s1. The van der Waals surface area contributed by atoms with Gasteiger partial charge in [-0.3, -0.25) is 4.79 Å². The van der Waals surface area contributed by atoms with Gasteiger partial charge in [0.15, 0.2) is 0 Å². The summed E-state index contributed by atoms with van der Waals surface area (Å²) in [6.45, 7) is 2.53. The average molecular weight is 361 g/mol. The van der Waals surface area contributed by atoms with E-state index in [0.29, 0.717) is 24.4 Å². The molecule has 1 aromatic carbocycles. The molecule has 1 aliphatic rings. The maximum atomic E-state index is 13.0. The summed E-state index contributed by atoms with van der Waals surface area (Å²) in [5, 5.41) is 0. The van der Waals surface area contributed by atoms with E-state index in [2.05, 4.69) is 0 Å². The molecule has 1 amide bonds. The number of carbonyl (C=O) groups is 2. The van der Waals surface area contributed by atoms with Crippen molar-refractivity contribution in [1.82, 2.24) is 4.90 Å². The predicted molar refractivity (Wildman–Crippen MR) is 96.5 cm³/mol.